The Bertz CT molecular complexity index is 792. The number of H-pyrrole nitrogens is 1. The highest BCUT2D eigenvalue weighted by atomic mass is 35.5. The number of carbonyl (C=O) groups excluding carboxylic acids is 1. The Kier molecular flexibility index (Phi) is 3.36. The largest absolute Gasteiger partial charge is 0.466 e. The second kappa shape index (κ2) is 5.17. The Morgan fingerprint density at radius 1 is 1.15 bits per heavy atom. The van der Waals surface area contributed by atoms with E-state index in [1.54, 1.807) is 0 Å². The molecule has 4 heteroatoms. The van der Waals surface area contributed by atoms with Crippen molar-refractivity contribution in [3.8, 4) is 0 Å². The summed E-state index contributed by atoms with van der Waals surface area (Å²) < 4.78 is 4.98. The standard InChI is InChI=1S/C16H14ClNO2/c1-2-20-16(19)8-10-3-6-14-13(7-10)12-5-4-11(17)9-15(12)18-14/h3-7,9,18H,2,8H2,1H3. The molecule has 0 unspecified atom stereocenters. The summed E-state index contributed by atoms with van der Waals surface area (Å²) in [7, 11) is 0. The maximum atomic E-state index is 11.5. The van der Waals surface area contributed by atoms with Crippen LogP contribution in [0.25, 0.3) is 21.8 Å². The van der Waals surface area contributed by atoms with Gasteiger partial charge in [0.2, 0.25) is 0 Å². The van der Waals surface area contributed by atoms with Gasteiger partial charge in [-0.2, -0.15) is 0 Å². The first-order valence-corrected chi connectivity index (χ1v) is 6.90. The van der Waals surface area contributed by atoms with Crippen LogP contribution in [0.2, 0.25) is 5.02 Å². The minimum absolute atomic E-state index is 0.199. The summed E-state index contributed by atoms with van der Waals surface area (Å²) in [6, 6.07) is 11.7. The molecule has 0 radical (unpaired) electrons. The van der Waals surface area contributed by atoms with E-state index in [4.69, 9.17) is 16.3 Å². The van der Waals surface area contributed by atoms with E-state index in [1.807, 2.05) is 43.3 Å². The van der Waals surface area contributed by atoms with Crippen LogP contribution in [-0.2, 0) is 16.0 Å². The molecular weight excluding hydrogens is 274 g/mol. The lowest BCUT2D eigenvalue weighted by atomic mass is 10.1. The molecule has 0 aliphatic heterocycles. The molecule has 0 bridgehead atoms. The van der Waals surface area contributed by atoms with Crippen molar-refractivity contribution < 1.29 is 9.53 Å². The van der Waals surface area contributed by atoms with Gasteiger partial charge in [0.25, 0.3) is 0 Å². The number of nitrogens with one attached hydrogen (secondary N) is 1. The molecule has 0 atom stereocenters. The molecule has 3 aromatic rings. The SMILES string of the molecule is CCOC(=O)Cc1ccc2[nH]c3cc(Cl)ccc3c2c1. The van der Waals surface area contributed by atoms with Crippen molar-refractivity contribution in [2.45, 2.75) is 13.3 Å². The molecule has 2 aromatic carbocycles. The number of halogens is 1. The Balaban J connectivity index is 2.05. The van der Waals surface area contributed by atoms with Crippen molar-refractivity contribution >= 4 is 39.4 Å². The van der Waals surface area contributed by atoms with Gasteiger partial charge < -0.3 is 9.72 Å². The topological polar surface area (TPSA) is 42.1 Å². The number of aromatic nitrogens is 1. The molecule has 0 saturated carbocycles. The zero-order valence-corrected chi connectivity index (χ0v) is 11.8. The first-order valence-electron chi connectivity index (χ1n) is 6.53. The highest BCUT2D eigenvalue weighted by Gasteiger charge is 2.08. The summed E-state index contributed by atoms with van der Waals surface area (Å²) in [5.74, 6) is -0.199. The van der Waals surface area contributed by atoms with Crippen LogP contribution in [0.15, 0.2) is 36.4 Å². The number of aromatic amines is 1. The first kappa shape index (κ1) is 13.0. The average Bonchev–Trinajstić information content (AvgIpc) is 2.75. The third-order valence-electron chi connectivity index (χ3n) is 3.28. The fourth-order valence-electron chi connectivity index (χ4n) is 2.41. The number of rotatable bonds is 3. The highest BCUT2D eigenvalue weighted by molar-refractivity contribution is 6.31. The maximum absolute atomic E-state index is 11.5. The Morgan fingerprint density at radius 2 is 2.00 bits per heavy atom. The van der Waals surface area contributed by atoms with Crippen molar-refractivity contribution in [1.29, 1.82) is 0 Å². The predicted molar refractivity (Wildman–Crippen MR) is 81.2 cm³/mol. The first-order chi connectivity index (χ1) is 9.67. The molecule has 1 aromatic heterocycles. The fraction of sp³-hybridized carbons (Fsp3) is 0.188. The lowest BCUT2D eigenvalue weighted by Gasteiger charge is -2.02. The normalized spacial score (nSPS) is 11.1. The summed E-state index contributed by atoms with van der Waals surface area (Å²) in [6.45, 7) is 2.22. The number of benzene rings is 2. The van der Waals surface area contributed by atoms with Gasteiger partial charge in [-0.05, 0) is 36.8 Å². The van der Waals surface area contributed by atoms with Crippen molar-refractivity contribution in [1.82, 2.24) is 4.98 Å². The third kappa shape index (κ3) is 2.37. The Morgan fingerprint density at radius 3 is 2.80 bits per heavy atom. The van der Waals surface area contributed by atoms with E-state index in [-0.39, 0.29) is 5.97 Å². The average molecular weight is 288 g/mol. The molecule has 102 valence electrons. The van der Waals surface area contributed by atoms with Crippen LogP contribution in [0, 0.1) is 0 Å². The monoisotopic (exact) mass is 287 g/mol. The molecule has 0 aliphatic rings. The molecule has 0 aliphatic carbocycles. The summed E-state index contributed by atoms with van der Waals surface area (Å²) >= 11 is 6.00. The van der Waals surface area contributed by atoms with E-state index in [0.29, 0.717) is 18.1 Å². The molecule has 0 saturated heterocycles. The number of hydrogen-bond donors (Lipinski definition) is 1. The zero-order chi connectivity index (χ0) is 14.1. The predicted octanol–water partition coefficient (Wildman–Crippen LogP) is 4.08. The van der Waals surface area contributed by atoms with Crippen molar-refractivity contribution in [2.75, 3.05) is 6.61 Å². The van der Waals surface area contributed by atoms with Gasteiger partial charge >= 0.3 is 5.97 Å². The second-order valence-electron chi connectivity index (χ2n) is 4.68. The van der Waals surface area contributed by atoms with E-state index in [9.17, 15) is 4.79 Å². The molecule has 0 amide bonds. The van der Waals surface area contributed by atoms with Gasteiger partial charge in [0.15, 0.2) is 0 Å². The molecule has 0 spiro atoms. The molecular formula is C16H14ClNO2. The fourth-order valence-corrected chi connectivity index (χ4v) is 2.58. The minimum Gasteiger partial charge on any atom is -0.466 e. The summed E-state index contributed by atoms with van der Waals surface area (Å²) in [5, 5.41) is 2.91. The Hall–Kier alpha value is -2.00. The highest BCUT2D eigenvalue weighted by Crippen LogP contribution is 2.28. The van der Waals surface area contributed by atoms with Gasteiger partial charge in [0.05, 0.1) is 13.0 Å². The molecule has 3 nitrogen and oxygen atoms in total. The molecule has 3 rings (SSSR count). The van der Waals surface area contributed by atoms with Crippen molar-refractivity contribution in [3.05, 3.63) is 47.0 Å². The van der Waals surface area contributed by atoms with Crippen molar-refractivity contribution in [2.24, 2.45) is 0 Å². The number of ether oxygens (including phenoxy) is 1. The van der Waals surface area contributed by atoms with Crippen LogP contribution < -0.4 is 0 Å². The van der Waals surface area contributed by atoms with Crippen molar-refractivity contribution in [3.63, 3.8) is 0 Å². The number of esters is 1. The number of carbonyl (C=O) groups is 1. The van der Waals surface area contributed by atoms with Crippen LogP contribution in [0.5, 0.6) is 0 Å². The van der Waals surface area contributed by atoms with Crippen LogP contribution >= 0.6 is 11.6 Å². The second-order valence-corrected chi connectivity index (χ2v) is 5.11. The van der Waals surface area contributed by atoms with Gasteiger partial charge in [-0.25, -0.2) is 0 Å². The molecule has 1 heterocycles. The van der Waals surface area contributed by atoms with Crippen LogP contribution in [0.3, 0.4) is 0 Å². The van der Waals surface area contributed by atoms with Gasteiger partial charge in [0.1, 0.15) is 0 Å². The van der Waals surface area contributed by atoms with E-state index >= 15 is 0 Å². The summed E-state index contributed by atoms with van der Waals surface area (Å²) in [6.07, 6.45) is 0.296. The quantitative estimate of drug-likeness (QED) is 0.738. The number of hydrogen-bond acceptors (Lipinski definition) is 2. The molecule has 0 fully saturated rings. The van der Waals surface area contributed by atoms with Gasteiger partial charge in [0, 0.05) is 26.8 Å². The lowest BCUT2D eigenvalue weighted by molar-refractivity contribution is -0.142. The maximum Gasteiger partial charge on any atom is 0.310 e. The third-order valence-corrected chi connectivity index (χ3v) is 3.51. The molecule has 1 N–H and O–H groups in total. The smallest absolute Gasteiger partial charge is 0.310 e. The van der Waals surface area contributed by atoms with Crippen LogP contribution in [0.1, 0.15) is 12.5 Å². The van der Waals surface area contributed by atoms with Gasteiger partial charge in [-0.3, -0.25) is 4.79 Å². The van der Waals surface area contributed by atoms with E-state index < -0.39 is 0 Å². The Labute approximate surface area is 121 Å². The minimum atomic E-state index is -0.199. The number of fused-ring (bicyclic) bond motifs is 3. The van der Waals surface area contributed by atoms with E-state index in [1.165, 1.54) is 0 Å². The van der Waals surface area contributed by atoms with Gasteiger partial charge in [-0.1, -0.05) is 23.7 Å². The van der Waals surface area contributed by atoms with E-state index in [2.05, 4.69) is 4.98 Å². The van der Waals surface area contributed by atoms with E-state index in [0.717, 1.165) is 27.4 Å². The van der Waals surface area contributed by atoms with Crippen LogP contribution in [-0.4, -0.2) is 17.6 Å². The summed E-state index contributed by atoms with van der Waals surface area (Å²) in [4.78, 5) is 14.9. The molecule has 20 heavy (non-hydrogen) atoms. The van der Waals surface area contributed by atoms with Crippen LogP contribution in [0.4, 0.5) is 0 Å². The zero-order valence-electron chi connectivity index (χ0n) is 11.1. The summed E-state index contributed by atoms with van der Waals surface area (Å²) in [5.41, 5.74) is 2.99. The van der Waals surface area contributed by atoms with Gasteiger partial charge in [-0.15, -0.1) is 0 Å². The lowest BCUT2D eigenvalue weighted by Crippen LogP contribution is -2.07.